The van der Waals surface area contributed by atoms with Gasteiger partial charge in [-0.1, -0.05) is 91.0 Å². The number of carbonyl (C=O) groups excluding carboxylic acids is 3. The molecule has 6 rings (SSSR count). The molecule has 0 N–H and O–H groups in total. The Kier molecular flexibility index (Phi) is 10.9. The Bertz CT molecular complexity index is 1700. The second-order valence-corrected chi connectivity index (χ2v) is 11.4. The number of hydrogen-bond acceptors (Lipinski definition) is 10. The topological polar surface area (TPSA) is 116 Å². The predicted molar refractivity (Wildman–Crippen MR) is 176 cm³/mol. The molecule has 0 saturated carbocycles. The first-order valence-corrected chi connectivity index (χ1v) is 16.0. The van der Waals surface area contributed by atoms with Crippen molar-refractivity contribution in [3.05, 3.63) is 156 Å². The summed E-state index contributed by atoms with van der Waals surface area (Å²) in [5, 5.41) is 0. The van der Waals surface area contributed by atoms with Crippen molar-refractivity contribution in [2.45, 2.75) is 49.5 Å². The van der Waals surface area contributed by atoms with Gasteiger partial charge in [-0.2, -0.15) is 0 Å². The second kappa shape index (κ2) is 15.8. The average molecular weight is 665 g/mol. The highest BCUT2D eigenvalue weighted by Crippen LogP contribution is 2.45. The van der Waals surface area contributed by atoms with Gasteiger partial charge in [-0.05, 0) is 49.2 Å². The first-order valence-electron chi connectivity index (χ1n) is 16.0. The fourth-order valence-corrected chi connectivity index (χ4v) is 5.58. The van der Waals surface area contributed by atoms with Crippen molar-refractivity contribution < 1.29 is 47.5 Å². The molecule has 10 heteroatoms. The van der Waals surface area contributed by atoms with Gasteiger partial charge in [0.05, 0.1) is 23.3 Å². The van der Waals surface area contributed by atoms with Gasteiger partial charge < -0.3 is 28.4 Å². The lowest BCUT2D eigenvalue weighted by Gasteiger charge is -2.41. The van der Waals surface area contributed by atoms with Gasteiger partial charge >= 0.3 is 23.9 Å². The summed E-state index contributed by atoms with van der Waals surface area (Å²) in [6.45, 7) is 3.64. The average Bonchev–Trinajstić information content (AvgIpc) is 3.54. The molecule has 49 heavy (non-hydrogen) atoms. The van der Waals surface area contributed by atoms with Gasteiger partial charge in [0.25, 0.3) is 0 Å². The minimum atomic E-state index is -1.77. The lowest BCUT2D eigenvalue weighted by atomic mass is 9.98. The molecule has 0 bridgehead atoms. The summed E-state index contributed by atoms with van der Waals surface area (Å²) in [4.78, 5) is 40.2. The van der Waals surface area contributed by atoms with Gasteiger partial charge in [-0.15, -0.1) is 6.58 Å². The number of rotatable bonds is 13. The van der Waals surface area contributed by atoms with Crippen LogP contribution in [0.2, 0.25) is 0 Å². The van der Waals surface area contributed by atoms with Crippen molar-refractivity contribution in [3.63, 3.8) is 0 Å². The third-order valence-electron chi connectivity index (χ3n) is 8.02. The van der Waals surface area contributed by atoms with Crippen LogP contribution in [-0.4, -0.2) is 61.8 Å². The number of benzene rings is 4. The molecule has 0 spiro atoms. The van der Waals surface area contributed by atoms with E-state index < -0.39 is 54.6 Å². The molecule has 0 aromatic heterocycles. The smallest absolute Gasteiger partial charge is 0.338 e. The molecule has 0 radical (unpaired) electrons. The molecule has 2 saturated heterocycles. The predicted octanol–water partition coefficient (Wildman–Crippen LogP) is 6.23. The molecular weight excluding hydrogens is 628 g/mol. The van der Waals surface area contributed by atoms with Crippen LogP contribution in [0.4, 0.5) is 0 Å². The van der Waals surface area contributed by atoms with Gasteiger partial charge in [0.1, 0.15) is 12.7 Å². The number of hydrogen-bond donors (Lipinski definition) is 0. The summed E-state index contributed by atoms with van der Waals surface area (Å²) >= 11 is 0. The Morgan fingerprint density at radius 3 is 1.73 bits per heavy atom. The molecule has 2 aliphatic rings. The van der Waals surface area contributed by atoms with Crippen LogP contribution in [-0.2, 0) is 39.1 Å². The molecule has 2 heterocycles. The first-order chi connectivity index (χ1) is 24.0. The number of fused-ring (bicyclic) bond motifs is 1. The van der Waals surface area contributed by atoms with E-state index in [9.17, 15) is 14.4 Å². The summed E-state index contributed by atoms with van der Waals surface area (Å²) in [5.41, 5.74) is 1.37. The minimum absolute atomic E-state index is 0.235. The Balaban J connectivity index is 1.37. The van der Waals surface area contributed by atoms with Crippen molar-refractivity contribution in [2.75, 3.05) is 13.2 Å². The van der Waals surface area contributed by atoms with E-state index in [1.165, 1.54) is 0 Å². The monoisotopic (exact) mass is 664 g/mol. The van der Waals surface area contributed by atoms with Gasteiger partial charge in [0.2, 0.25) is 0 Å². The van der Waals surface area contributed by atoms with E-state index in [1.807, 2.05) is 18.2 Å². The highest BCUT2D eigenvalue weighted by molar-refractivity contribution is 5.91. The number of ether oxygens (including phenoxy) is 7. The molecule has 2 aliphatic heterocycles. The van der Waals surface area contributed by atoms with Gasteiger partial charge in [-0.3, -0.25) is 4.74 Å². The van der Waals surface area contributed by atoms with E-state index in [2.05, 4.69) is 6.58 Å². The molecule has 252 valence electrons. The normalized spacial score (nSPS) is 24.3. The van der Waals surface area contributed by atoms with E-state index in [-0.39, 0.29) is 24.3 Å². The zero-order valence-electron chi connectivity index (χ0n) is 26.6. The fourth-order valence-electron chi connectivity index (χ4n) is 5.58. The highest BCUT2D eigenvalue weighted by Gasteiger charge is 2.62. The highest BCUT2D eigenvalue weighted by atomic mass is 16.9. The van der Waals surface area contributed by atoms with Gasteiger partial charge in [-0.25, -0.2) is 14.4 Å². The zero-order chi connectivity index (χ0) is 34.1. The standard InChI is InChI=1S/C39H36O10/c1-2-3-16-25-44-39(30-23-14-7-15-24-30)48-34-33(47-37(42)29-21-12-6-13-22-29)32(46-36(41)28-19-10-5-11-20-28)31(45-38(34)49-39)26-43-35(40)27-17-8-4-9-18-27/h2,4-15,17-24,31-34,38H,1,3,16,25-26H2/t31-,32-,33+,34-,38-,39?/m1/s1. The minimum Gasteiger partial charge on any atom is -0.459 e. The molecule has 4 aromatic rings. The zero-order valence-corrected chi connectivity index (χ0v) is 26.6. The maximum atomic E-state index is 13.6. The summed E-state index contributed by atoms with van der Waals surface area (Å²) in [5.74, 6) is -3.79. The summed E-state index contributed by atoms with van der Waals surface area (Å²) in [6.07, 6.45) is -2.97. The van der Waals surface area contributed by atoms with Crippen LogP contribution in [0.5, 0.6) is 0 Å². The lowest BCUT2D eigenvalue weighted by Crippen LogP contribution is -2.60. The SMILES string of the molecule is C=CCCCOC1(c2ccccc2)O[C@H]2O[C@H](COC(=O)c3ccccc3)[C@@H](OC(=O)c3ccccc3)[C@H](OC(=O)c3ccccc3)[C@H]2O1. The Morgan fingerprint density at radius 2 is 1.18 bits per heavy atom. The Hall–Kier alpha value is -5.13. The molecule has 6 atom stereocenters. The number of allylic oxidation sites excluding steroid dienone is 1. The Morgan fingerprint density at radius 1 is 0.673 bits per heavy atom. The van der Waals surface area contributed by atoms with E-state index in [4.69, 9.17) is 33.2 Å². The molecule has 0 amide bonds. The molecule has 0 aliphatic carbocycles. The maximum absolute atomic E-state index is 13.6. The largest absolute Gasteiger partial charge is 0.459 e. The van der Waals surface area contributed by atoms with Crippen LogP contribution in [0, 0.1) is 0 Å². The van der Waals surface area contributed by atoms with Gasteiger partial charge in [0.15, 0.2) is 24.6 Å². The van der Waals surface area contributed by atoms with E-state index in [0.717, 1.165) is 0 Å². The van der Waals surface area contributed by atoms with Gasteiger partial charge in [0, 0.05) is 5.56 Å². The van der Waals surface area contributed by atoms with Crippen molar-refractivity contribution in [1.29, 1.82) is 0 Å². The third-order valence-corrected chi connectivity index (χ3v) is 8.02. The van der Waals surface area contributed by atoms with Crippen molar-refractivity contribution in [1.82, 2.24) is 0 Å². The molecule has 2 fully saturated rings. The van der Waals surface area contributed by atoms with Crippen molar-refractivity contribution in [3.8, 4) is 0 Å². The number of unbranched alkanes of at least 4 members (excludes halogenated alkanes) is 1. The van der Waals surface area contributed by atoms with Crippen LogP contribution in [0.3, 0.4) is 0 Å². The molecule has 1 unspecified atom stereocenters. The van der Waals surface area contributed by atoms with Crippen LogP contribution in [0.1, 0.15) is 49.5 Å². The summed E-state index contributed by atoms with van der Waals surface area (Å²) < 4.78 is 43.5. The number of carbonyl (C=O) groups is 3. The van der Waals surface area contributed by atoms with Crippen molar-refractivity contribution in [2.24, 2.45) is 0 Å². The van der Waals surface area contributed by atoms with Crippen molar-refractivity contribution >= 4 is 17.9 Å². The fraction of sp³-hybridized carbons (Fsp3) is 0.256. The van der Waals surface area contributed by atoms with Crippen LogP contribution >= 0.6 is 0 Å². The van der Waals surface area contributed by atoms with E-state index in [1.54, 1.807) is 109 Å². The second-order valence-electron chi connectivity index (χ2n) is 11.4. The number of esters is 3. The van der Waals surface area contributed by atoms with E-state index in [0.29, 0.717) is 24.0 Å². The van der Waals surface area contributed by atoms with Crippen LogP contribution in [0.25, 0.3) is 0 Å². The maximum Gasteiger partial charge on any atom is 0.338 e. The molecule has 10 nitrogen and oxygen atoms in total. The van der Waals surface area contributed by atoms with Crippen LogP contribution in [0.15, 0.2) is 134 Å². The third kappa shape index (κ3) is 7.96. The summed E-state index contributed by atoms with van der Waals surface area (Å²) in [6, 6.07) is 34.2. The Labute approximate surface area is 284 Å². The quantitative estimate of drug-likeness (QED) is 0.0705. The molecular formula is C39H36O10. The lowest BCUT2D eigenvalue weighted by molar-refractivity contribution is -0.367. The molecule has 4 aromatic carbocycles. The van der Waals surface area contributed by atoms with E-state index >= 15 is 0 Å². The van der Waals surface area contributed by atoms with Crippen LogP contribution < -0.4 is 0 Å². The first kappa shape index (κ1) is 33.8. The summed E-state index contributed by atoms with van der Waals surface area (Å²) in [7, 11) is 0.